The smallest absolute Gasteiger partial charge is 0.118 e. The summed E-state index contributed by atoms with van der Waals surface area (Å²) in [5.74, 6) is 2.70. The Bertz CT molecular complexity index is 833. The lowest BCUT2D eigenvalue weighted by Gasteiger charge is -1.98. The molecule has 0 fully saturated rings. The van der Waals surface area contributed by atoms with Crippen molar-refractivity contribution in [3.05, 3.63) is 108 Å². The molecule has 0 aliphatic rings. The van der Waals surface area contributed by atoms with Gasteiger partial charge in [-0.05, 0) is 73.9 Å². The van der Waals surface area contributed by atoms with Gasteiger partial charge in [-0.3, -0.25) is 0 Å². The lowest BCUT2D eigenvalue weighted by atomic mass is 10.2. The van der Waals surface area contributed by atoms with Gasteiger partial charge < -0.3 is 14.2 Å². The van der Waals surface area contributed by atoms with Crippen LogP contribution in [-0.2, 0) is 0 Å². The van der Waals surface area contributed by atoms with Gasteiger partial charge in [-0.15, -0.1) is 0 Å². The van der Waals surface area contributed by atoms with E-state index in [2.05, 4.69) is 18.2 Å². The topological polar surface area (TPSA) is 27.7 Å². The fourth-order valence-electron chi connectivity index (χ4n) is 2.72. The third-order valence-corrected chi connectivity index (χ3v) is 4.42. The van der Waals surface area contributed by atoms with Crippen molar-refractivity contribution >= 4 is 18.2 Å². The van der Waals surface area contributed by atoms with Gasteiger partial charge in [0, 0.05) is 0 Å². The van der Waals surface area contributed by atoms with E-state index in [-0.39, 0.29) is 0 Å². The highest BCUT2D eigenvalue weighted by molar-refractivity contribution is 5.51. The van der Waals surface area contributed by atoms with E-state index in [0.717, 1.165) is 17.2 Å². The first-order valence-electron chi connectivity index (χ1n) is 10.9. The Balaban J connectivity index is 0.000000247. The van der Waals surface area contributed by atoms with E-state index in [4.69, 9.17) is 14.2 Å². The monoisotopic (exact) mass is 444 g/mol. The Labute approximate surface area is 199 Å². The Morgan fingerprint density at radius 3 is 0.758 bits per heavy atom. The fraction of sp³-hybridized carbons (Fsp3) is 0.200. The van der Waals surface area contributed by atoms with E-state index >= 15 is 0 Å². The zero-order valence-electron chi connectivity index (χ0n) is 20.6. The van der Waals surface area contributed by atoms with Crippen molar-refractivity contribution in [2.75, 3.05) is 21.3 Å². The Kier molecular flexibility index (Phi) is 14.0. The van der Waals surface area contributed by atoms with Crippen molar-refractivity contribution in [2.24, 2.45) is 0 Å². The summed E-state index contributed by atoms with van der Waals surface area (Å²) in [4.78, 5) is 0. The van der Waals surface area contributed by atoms with Gasteiger partial charge in [-0.2, -0.15) is 0 Å². The van der Waals surface area contributed by atoms with Gasteiger partial charge in [0.15, 0.2) is 0 Å². The second kappa shape index (κ2) is 16.9. The molecule has 0 heterocycles. The van der Waals surface area contributed by atoms with Gasteiger partial charge in [-0.1, -0.05) is 72.9 Å². The first-order chi connectivity index (χ1) is 16.1. The van der Waals surface area contributed by atoms with Crippen LogP contribution >= 0.6 is 0 Å². The molecule has 33 heavy (non-hydrogen) atoms. The summed E-state index contributed by atoms with van der Waals surface area (Å²) in [5.41, 5.74) is 3.61. The molecule has 3 heteroatoms. The molecule has 0 saturated carbocycles. The first kappa shape index (κ1) is 27.3. The highest BCUT2D eigenvalue weighted by Crippen LogP contribution is 2.13. The molecule has 3 aromatic carbocycles. The third-order valence-electron chi connectivity index (χ3n) is 4.42. The Hall–Kier alpha value is -3.72. The molecule has 0 aliphatic heterocycles. The van der Waals surface area contributed by atoms with Gasteiger partial charge in [0.25, 0.3) is 0 Å². The van der Waals surface area contributed by atoms with Crippen LogP contribution in [0.5, 0.6) is 17.2 Å². The molecule has 0 N–H and O–H groups in total. The van der Waals surface area contributed by atoms with Gasteiger partial charge in [0.05, 0.1) is 21.3 Å². The van der Waals surface area contributed by atoms with E-state index in [0.29, 0.717) is 0 Å². The summed E-state index contributed by atoms with van der Waals surface area (Å²) in [6.45, 7) is 6.01. The van der Waals surface area contributed by atoms with Crippen molar-refractivity contribution in [2.45, 2.75) is 20.8 Å². The molecular weight excluding hydrogens is 408 g/mol. The van der Waals surface area contributed by atoms with E-state index < -0.39 is 0 Å². The van der Waals surface area contributed by atoms with Crippen LogP contribution in [0.3, 0.4) is 0 Å². The standard InChI is InChI=1S/3C10H12O/c3*1-3-4-9-5-7-10(11-2)8-6-9/h3*3-8H,1-2H3. The van der Waals surface area contributed by atoms with Gasteiger partial charge >= 0.3 is 0 Å². The summed E-state index contributed by atoms with van der Waals surface area (Å²) < 4.78 is 15.1. The largest absolute Gasteiger partial charge is 0.497 e. The first-order valence-corrected chi connectivity index (χ1v) is 10.9. The lowest BCUT2D eigenvalue weighted by Crippen LogP contribution is -1.80. The Morgan fingerprint density at radius 2 is 0.606 bits per heavy atom. The number of ether oxygens (including phenoxy) is 3. The second-order valence-electron chi connectivity index (χ2n) is 6.82. The minimum absolute atomic E-state index is 0.901. The molecule has 0 unspecified atom stereocenters. The zero-order chi connectivity index (χ0) is 24.3. The van der Waals surface area contributed by atoms with Crippen LogP contribution in [-0.4, -0.2) is 21.3 Å². The number of allylic oxidation sites excluding steroid dienone is 3. The SMILES string of the molecule is CC=Cc1ccc(OC)cc1.CC=Cc1ccc(OC)cc1.CC=Cc1ccc(OC)cc1. The minimum Gasteiger partial charge on any atom is -0.497 e. The highest BCUT2D eigenvalue weighted by Gasteiger charge is 1.89. The molecule has 0 amide bonds. The van der Waals surface area contributed by atoms with E-state index in [9.17, 15) is 0 Å². The normalized spacial score (nSPS) is 10.4. The average Bonchev–Trinajstić information content (AvgIpc) is 2.87. The molecule has 174 valence electrons. The van der Waals surface area contributed by atoms with Gasteiger partial charge in [-0.25, -0.2) is 0 Å². The fourth-order valence-corrected chi connectivity index (χ4v) is 2.72. The number of rotatable bonds is 6. The number of methoxy groups -OCH3 is 3. The number of hydrogen-bond acceptors (Lipinski definition) is 3. The van der Waals surface area contributed by atoms with E-state index in [1.165, 1.54) is 16.7 Å². The lowest BCUT2D eigenvalue weighted by molar-refractivity contribution is 0.414. The van der Waals surface area contributed by atoms with E-state index in [1.807, 2.05) is 112 Å². The van der Waals surface area contributed by atoms with Crippen LogP contribution < -0.4 is 14.2 Å². The van der Waals surface area contributed by atoms with Crippen LogP contribution in [0.4, 0.5) is 0 Å². The number of hydrogen-bond donors (Lipinski definition) is 0. The molecule has 3 nitrogen and oxygen atoms in total. The van der Waals surface area contributed by atoms with Crippen molar-refractivity contribution in [1.82, 2.24) is 0 Å². The van der Waals surface area contributed by atoms with Crippen LogP contribution in [0.25, 0.3) is 18.2 Å². The number of benzene rings is 3. The molecule has 0 bridgehead atoms. The van der Waals surface area contributed by atoms with E-state index in [1.54, 1.807) is 21.3 Å². The van der Waals surface area contributed by atoms with Crippen molar-refractivity contribution in [1.29, 1.82) is 0 Å². The maximum atomic E-state index is 5.02. The summed E-state index contributed by atoms with van der Waals surface area (Å²) in [6, 6.07) is 23.9. The molecule has 0 aromatic heterocycles. The predicted molar refractivity (Wildman–Crippen MR) is 143 cm³/mol. The average molecular weight is 445 g/mol. The van der Waals surface area contributed by atoms with Crippen molar-refractivity contribution in [3.8, 4) is 17.2 Å². The van der Waals surface area contributed by atoms with Crippen LogP contribution in [0.1, 0.15) is 37.5 Å². The minimum atomic E-state index is 0.901. The Morgan fingerprint density at radius 1 is 0.394 bits per heavy atom. The molecule has 3 rings (SSSR count). The van der Waals surface area contributed by atoms with Crippen LogP contribution in [0.2, 0.25) is 0 Å². The van der Waals surface area contributed by atoms with Crippen molar-refractivity contribution < 1.29 is 14.2 Å². The maximum absolute atomic E-state index is 5.02. The molecule has 3 aromatic rings. The predicted octanol–water partition coefficient (Wildman–Crippen LogP) is 8.18. The van der Waals surface area contributed by atoms with Crippen LogP contribution in [0.15, 0.2) is 91.0 Å². The quantitative estimate of drug-likeness (QED) is 0.383. The molecule has 0 atom stereocenters. The molecule has 0 radical (unpaired) electrons. The summed E-state index contributed by atoms with van der Waals surface area (Å²) in [7, 11) is 5.01. The molecular formula is C30H36O3. The summed E-state index contributed by atoms with van der Waals surface area (Å²) in [5, 5.41) is 0. The molecule has 0 saturated heterocycles. The highest BCUT2D eigenvalue weighted by atomic mass is 16.5. The summed E-state index contributed by atoms with van der Waals surface area (Å²) in [6.07, 6.45) is 12.2. The summed E-state index contributed by atoms with van der Waals surface area (Å²) >= 11 is 0. The third kappa shape index (κ3) is 11.5. The molecule has 0 aliphatic carbocycles. The van der Waals surface area contributed by atoms with Gasteiger partial charge in [0.1, 0.15) is 17.2 Å². The van der Waals surface area contributed by atoms with Crippen LogP contribution in [0, 0.1) is 0 Å². The second-order valence-corrected chi connectivity index (χ2v) is 6.82. The van der Waals surface area contributed by atoms with Crippen molar-refractivity contribution in [3.63, 3.8) is 0 Å². The molecule has 0 spiro atoms. The van der Waals surface area contributed by atoms with Gasteiger partial charge in [0.2, 0.25) is 0 Å². The maximum Gasteiger partial charge on any atom is 0.118 e. The zero-order valence-corrected chi connectivity index (χ0v) is 20.6.